The third-order valence-corrected chi connectivity index (χ3v) is 2.50. The summed E-state index contributed by atoms with van der Waals surface area (Å²) >= 11 is 5.95. The Kier molecular flexibility index (Phi) is 5.38. The van der Waals surface area contributed by atoms with Gasteiger partial charge in [0.05, 0.1) is 12.0 Å². The first-order valence-electron chi connectivity index (χ1n) is 5.18. The Hall–Kier alpha value is -1.13. The quantitative estimate of drug-likeness (QED) is 0.759. The number of carbonyl (C=O) groups is 1. The molecule has 0 N–H and O–H groups in total. The van der Waals surface area contributed by atoms with Crippen LogP contribution in [0.15, 0.2) is 24.3 Å². The lowest BCUT2D eigenvalue weighted by Crippen LogP contribution is -2.33. The fourth-order valence-electron chi connectivity index (χ4n) is 1.46. The summed E-state index contributed by atoms with van der Waals surface area (Å²) in [6.45, 7) is 0.715. The Morgan fingerprint density at radius 1 is 1.59 bits per heavy atom. The van der Waals surface area contributed by atoms with Crippen molar-refractivity contribution in [1.82, 2.24) is 4.90 Å². The molecule has 0 aliphatic rings. The van der Waals surface area contributed by atoms with E-state index in [0.29, 0.717) is 18.7 Å². The minimum atomic E-state index is -0.427. The van der Waals surface area contributed by atoms with E-state index >= 15 is 0 Å². The Morgan fingerprint density at radius 3 is 2.88 bits per heavy atom. The van der Waals surface area contributed by atoms with Crippen LogP contribution in [0.1, 0.15) is 10.4 Å². The van der Waals surface area contributed by atoms with Gasteiger partial charge in [-0.25, -0.2) is 4.39 Å². The van der Waals surface area contributed by atoms with Gasteiger partial charge in [-0.1, -0.05) is 6.07 Å². The van der Waals surface area contributed by atoms with Gasteiger partial charge in [-0.3, -0.25) is 4.79 Å². The summed E-state index contributed by atoms with van der Waals surface area (Å²) in [5.74, 6) is -0.685. The van der Waals surface area contributed by atoms with Crippen molar-refractivity contribution in [3.63, 3.8) is 0 Å². The second kappa shape index (κ2) is 6.57. The molecule has 1 atom stereocenters. The predicted octanol–water partition coefficient (Wildman–Crippen LogP) is 2.15. The van der Waals surface area contributed by atoms with E-state index in [2.05, 4.69) is 0 Å². The van der Waals surface area contributed by atoms with Crippen molar-refractivity contribution < 1.29 is 13.9 Å². The molecule has 0 bridgehead atoms. The van der Waals surface area contributed by atoms with E-state index in [0.717, 1.165) is 0 Å². The highest BCUT2D eigenvalue weighted by molar-refractivity contribution is 6.21. The van der Waals surface area contributed by atoms with Crippen LogP contribution in [-0.2, 0) is 4.74 Å². The second-order valence-electron chi connectivity index (χ2n) is 3.75. The fraction of sp³-hybridized carbons (Fsp3) is 0.417. The molecule has 0 radical (unpaired) electrons. The number of hydrogen-bond donors (Lipinski definition) is 0. The number of rotatable bonds is 5. The Bertz CT molecular complexity index is 387. The first kappa shape index (κ1) is 13.9. The van der Waals surface area contributed by atoms with E-state index in [-0.39, 0.29) is 11.3 Å². The molecule has 1 amide bonds. The molecule has 17 heavy (non-hydrogen) atoms. The normalized spacial score (nSPS) is 12.2. The standard InChI is InChI=1S/C12H15ClFNO2/c1-15(7-10(13)8-17-2)12(16)9-4-3-5-11(14)6-9/h3-6,10H,7-8H2,1-2H3. The lowest BCUT2D eigenvalue weighted by atomic mass is 10.2. The van der Waals surface area contributed by atoms with Crippen LogP contribution < -0.4 is 0 Å². The Labute approximate surface area is 105 Å². The maximum Gasteiger partial charge on any atom is 0.253 e. The SMILES string of the molecule is COCC(Cl)CN(C)C(=O)c1cccc(F)c1. The van der Waals surface area contributed by atoms with Crippen molar-refractivity contribution in [3.05, 3.63) is 35.6 Å². The number of carbonyl (C=O) groups excluding carboxylic acids is 1. The molecular weight excluding hydrogens is 245 g/mol. The van der Waals surface area contributed by atoms with Crippen molar-refractivity contribution in [2.24, 2.45) is 0 Å². The van der Waals surface area contributed by atoms with Gasteiger partial charge in [0, 0.05) is 26.3 Å². The number of methoxy groups -OCH3 is 1. The third-order valence-electron chi connectivity index (χ3n) is 2.24. The van der Waals surface area contributed by atoms with Crippen molar-refractivity contribution >= 4 is 17.5 Å². The van der Waals surface area contributed by atoms with E-state index in [1.54, 1.807) is 20.2 Å². The minimum Gasteiger partial charge on any atom is -0.383 e. The topological polar surface area (TPSA) is 29.5 Å². The number of nitrogens with zero attached hydrogens (tertiary/aromatic N) is 1. The Morgan fingerprint density at radius 2 is 2.29 bits per heavy atom. The molecule has 3 nitrogen and oxygen atoms in total. The summed E-state index contributed by atoms with van der Waals surface area (Å²) in [5.41, 5.74) is 0.314. The molecule has 1 unspecified atom stereocenters. The number of amides is 1. The highest BCUT2D eigenvalue weighted by atomic mass is 35.5. The highest BCUT2D eigenvalue weighted by Gasteiger charge is 2.15. The van der Waals surface area contributed by atoms with Crippen LogP contribution in [0.4, 0.5) is 4.39 Å². The van der Waals surface area contributed by atoms with Crippen LogP contribution >= 0.6 is 11.6 Å². The van der Waals surface area contributed by atoms with E-state index in [1.165, 1.54) is 23.1 Å². The summed E-state index contributed by atoms with van der Waals surface area (Å²) in [7, 11) is 3.17. The van der Waals surface area contributed by atoms with Gasteiger partial charge in [0.2, 0.25) is 0 Å². The maximum atomic E-state index is 13.0. The van der Waals surface area contributed by atoms with Gasteiger partial charge >= 0.3 is 0 Å². The van der Waals surface area contributed by atoms with Gasteiger partial charge in [-0.05, 0) is 18.2 Å². The van der Waals surface area contributed by atoms with E-state index in [4.69, 9.17) is 16.3 Å². The maximum absolute atomic E-state index is 13.0. The van der Waals surface area contributed by atoms with Gasteiger partial charge in [-0.2, -0.15) is 0 Å². The molecule has 0 fully saturated rings. The summed E-state index contributed by atoms with van der Waals surface area (Å²) < 4.78 is 17.8. The van der Waals surface area contributed by atoms with Crippen LogP contribution in [-0.4, -0.2) is 43.5 Å². The molecule has 0 heterocycles. The molecule has 1 rings (SSSR count). The van der Waals surface area contributed by atoms with Crippen molar-refractivity contribution in [2.75, 3.05) is 27.3 Å². The van der Waals surface area contributed by atoms with Crippen LogP contribution in [0.5, 0.6) is 0 Å². The first-order chi connectivity index (χ1) is 8.04. The molecule has 0 aliphatic carbocycles. The van der Waals surface area contributed by atoms with Crippen LogP contribution in [0.3, 0.4) is 0 Å². The van der Waals surface area contributed by atoms with Gasteiger partial charge in [0.25, 0.3) is 5.91 Å². The van der Waals surface area contributed by atoms with Crippen LogP contribution in [0.2, 0.25) is 0 Å². The summed E-state index contributed by atoms with van der Waals surface area (Å²) in [5, 5.41) is -0.275. The summed E-state index contributed by atoms with van der Waals surface area (Å²) in [4.78, 5) is 13.3. The van der Waals surface area contributed by atoms with Crippen LogP contribution in [0.25, 0.3) is 0 Å². The zero-order valence-corrected chi connectivity index (χ0v) is 10.6. The van der Waals surface area contributed by atoms with Gasteiger partial charge in [0.15, 0.2) is 0 Å². The molecule has 1 aromatic carbocycles. The minimum absolute atomic E-state index is 0.258. The monoisotopic (exact) mass is 259 g/mol. The molecule has 0 saturated carbocycles. The van der Waals surface area contributed by atoms with Gasteiger partial charge in [0.1, 0.15) is 5.82 Å². The molecule has 0 spiro atoms. The van der Waals surface area contributed by atoms with Crippen molar-refractivity contribution in [1.29, 1.82) is 0 Å². The molecule has 0 aliphatic heterocycles. The van der Waals surface area contributed by atoms with E-state index in [1.807, 2.05) is 0 Å². The van der Waals surface area contributed by atoms with Crippen LogP contribution in [0, 0.1) is 5.82 Å². The highest BCUT2D eigenvalue weighted by Crippen LogP contribution is 2.08. The smallest absolute Gasteiger partial charge is 0.253 e. The first-order valence-corrected chi connectivity index (χ1v) is 5.62. The zero-order chi connectivity index (χ0) is 12.8. The average molecular weight is 260 g/mol. The van der Waals surface area contributed by atoms with Crippen molar-refractivity contribution in [2.45, 2.75) is 5.38 Å². The number of ether oxygens (including phenoxy) is 1. The number of alkyl halides is 1. The third kappa shape index (κ3) is 4.32. The molecular formula is C12H15ClFNO2. The van der Waals surface area contributed by atoms with Crippen molar-refractivity contribution in [3.8, 4) is 0 Å². The average Bonchev–Trinajstić information content (AvgIpc) is 2.28. The van der Waals surface area contributed by atoms with E-state index < -0.39 is 5.82 Å². The summed E-state index contributed by atoms with van der Waals surface area (Å²) in [6, 6.07) is 5.58. The summed E-state index contributed by atoms with van der Waals surface area (Å²) in [6.07, 6.45) is 0. The molecule has 5 heteroatoms. The fourth-order valence-corrected chi connectivity index (χ4v) is 1.79. The lowest BCUT2D eigenvalue weighted by molar-refractivity contribution is 0.0781. The number of halogens is 2. The molecule has 1 aromatic rings. The lowest BCUT2D eigenvalue weighted by Gasteiger charge is -2.20. The molecule has 0 aromatic heterocycles. The largest absolute Gasteiger partial charge is 0.383 e. The van der Waals surface area contributed by atoms with Gasteiger partial charge in [-0.15, -0.1) is 11.6 Å². The Balaban J connectivity index is 2.63. The second-order valence-corrected chi connectivity index (χ2v) is 4.37. The molecule has 94 valence electrons. The number of hydrogen-bond acceptors (Lipinski definition) is 2. The zero-order valence-electron chi connectivity index (χ0n) is 9.82. The van der Waals surface area contributed by atoms with E-state index in [9.17, 15) is 9.18 Å². The predicted molar refractivity (Wildman–Crippen MR) is 64.9 cm³/mol. The molecule has 0 saturated heterocycles. The van der Waals surface area contributed by atoms with Gasteiger partial charge < -0.3 is 9.64 Å². The number of benzene rings is 1.